The van der Waals surface area contributed by atoms with Crippen molar-refractivity contribution >= 4 is 35.0 Å². The number of hydrogen-bond acceptors (Lipinski definition) is 6. The van der Waals surface area contributed by atoms with E-state index >= 15 is 0 Å². The average Bonchev–Trinajstić information content (AvgIpc) is 2.85. The second-order valence-corrected chi connectivity index (χ2v) is 6.99. The lowest BCUT2D eigenvalue weighted by Gasteiger charge is -2.26. The minimum atomic E-state index is -0.931. The summed E-state index contributed by atoms with van der Waals surface area (Å²) >= 11 is 2.71. The highest BCUT2D eigenvalue weighted by Crippen LogP contribution is 2.27. The van der Waals surface area contributed by atoms with E-state index < -0.39 is 5.97 Å². The summed E-state index contributed by atoms with van der Waals surface area (Å²) in [5, 5.41) is 8.97. The monoisotopic (exact) mass is 330 g/mol. The Labute approximate surface area is 131 Å². The second kappa shape index (κ2) is 7.77. The van der Waals surface area contributed by atoms with Crippen molar-refractivity contribution in [2.75, 3.05) is 32.1 Å². The van der Waals surface area contributed by atoms with Crippen molar-refractivity contribution in [2.24, 2.45) is 0 Å². The van der Waals surface area contributed by atoms with Crippen LogP contribution in [0.1, 0.15) is 28.2 Å². The molecule has 116 valence electrons. The number of rotatable bonds is 6. The van der Waals surface area contributed by atoms with Crippen LogP contribution in [0.15, 0.2) is 4.34 Å². The number of aryl methyl sites for hydroxylation is 1. The Kier molecular flexibility index (Phi) is 6.01. The number of thiazole rings is 1. The average molecular weight is 330 g/mol. The van der Waals surface area contributed by atoms with Gasteiger partial charge in [-0.15, -0.1) is 11.3 Å². The Hall–Kier alpha value is -1.12. The predicted octanol–water partition coefficient (Wildman–Crippen LogP) is 1.88. The first-order chi connectivity index (χ1) is 10.1. The van der Waals surface area contributed by atoms with Gasteiger partial charge in [-0.2, -0.15) is 0 Å². The zero-order valence-corrected chi connectivity index (χ0v) is 13.5. The molecule has 2 rings (SSSR count). The Morgan fingerprint density at radius 2 is 2.14 bits per heavy atom. The molecule has 0 radical (unpaired) electrons. The van der Waals surface area contributed by atoms with E-state index in [0.29, 0.717) is 43.3 Å². The number of morpholine rings is 1. The summed E-state index contributed by atoms with van der Waals surface area (Å²) in [6, 6.07) is 0. The van der Waals surface area contributed by atoms with Crippen LogP contribution in [0.5, 0.6) is 0 Å². The number of carbonyl (C=O) groups excluding carboxylic acids is 1. The van der Waals surface area contributed by atoms with Crippen LogP contribution in [0.2, 0.25) is 0 Å². The van der Waals surface area contributed by atoms with E-state index in [1.165, 1.54) is 23.1 Å². The molecule has 1 aliphatic rings. The van der Waals surface area contributed by atoms with Crippen LogP contribution in [0.3, 0.4) is 0 Å². The van der Waals surface area contributed by atoms with Gasteiger partial charge >= 0.3 is 5.97 Å². The zero-order chi connectivity index (χ0) is 15.2. The molecule has 1 N–H and O–H groups in total. The van der Waals surface area contributed by atoms with Gasteiger partial charge in [0, 0.05) is 25.3 Å². The van der Waals surface area contributed by atoms with Crippen LogP contribution in [0.25, 0.3) is 0 Å². The molecule has 8 heteroatoms. The maximum absolute atomic E-state index is 11.9. The van der Waals surface area contributed by atoms with Crippen molar-refractivity contribution in [2.45, 2.75) is 24.1 Å². The van der Waals surface area contributed by atoms with E-state index in [0.717, 1.165) is 16.5 Å². The number of carboxylic acid groups (broad SMARTS) is 1. The van der Waals surface area contributed by atoms with Crippen LogP contribution in [-0.4, -0.2) is 58.9 Å². The molecule has 1 aromatic heterocycles. The smallest absolute Gasteiger partial charge is 0.347 e. The summed E-state index contributed by atoms with van der Waals surface area (Å²) in [5.41, 5.74) is 0.555. The van der Waals surface area contributed by atoms with Crippen molar-refractivity contribution in [3.05, 3.63) is 10.6 Å². The van der Waals surface area contributed by atoms with Gasteiger partial charge in [0.2, 0.25) is 5.91 Å². The number of thioether (sulfide) groups is 1. The molecule has 0 unspecified atom stereocenters. The van der Waals surface area contributed by atoms with E-state index in [-0.39, 0.29) is 5.91 Å². The van der Waals surface area contributed by atoms with Gasteiger partial charge in [-0.1, -0.05) is 11.8 Å². The first-order valence-corrected chi connectivity index (χ1v) is 8.57. The third-order valence-corrected chi connectivity index (χ3v) is 5.47. The minimum Gasteiger partial charge on any atom is -0.477 e. The summed E-state index contributed by atoms with van der Waals surface area (Å²) in [6.45, 7) is 4.30. The Bertz CT molecular complexity index is 512. The number of ether oxygens (including phenoxy) is 1. The van der Waals surface area contributed by atoms with Crippen LogP contribution < -0.4 is 0 Å². The topological polar surface area (TPSA) is 79.7 Å². The summed E-state index contributed by atoms with van der Waals surface area (Å²) in [6.07, 6.45) is 1.28. The highest BCUT2D eigenvalue weighted by molar-refractivity contribution is 8.01. The number of aromatic carboxylic acids is 1. The molecule has 1 aromatic rings. The summed E-state index contributed by atoms with van der Waals surface area (Å²) in [4.78, 5) is 29.2. The number of carbonyl (C=O) groups is 2. The first-order valence-electron chi connectivity index (χ1n) is 6.77. The summed E-state index contributed by atoms with van der Waals surface area (Å²) in [7, 11) is 0. The molecule has 2 heterocycles. The van der Waals surface area contributed by atoms with Crippen molar-refractivity contribution in [3.8, 4) is 0 Å². The van der Waals surface area contributed by atoms with E-state index in [2.05, 4.69) is 4.98 Å². The van der Waals surface area contributed by atoms with Crippen LogP contribution in [0.4, 0.5) is 0 Å². The molecule has 6 nitrogen and oxygen atoms in total. The van der Waals surface area contributed by atoms with Crippen LogP contribution in [-0.2, 0) is 9.53 Å². The molecular weight excluding hydrogens is 312 g/mol. The predicted molar refractivity (Wildman–Crippen MR) is 81.2 cm³/mol. The van der Waals surface area contributed by atoms with Gasteiger partial charge in [-0.3, -0.25) is 4.79 Å². The lowest BCUT2D eigenvalue weighted by molar-refractivity contribution is -0.135. The number of nitrogens with zero attached hydrogens (tertiary/aromatic N) is 2. The van der Waals surface area contributed by atoms with E-state index in [1.54, 1.807) is 6.92 Å². The molecule has 0 aliphatic carbocycles. The van der Waals surface area contributed by atoms with Crippen molar-refractivity contribution in [3.63, 3.8) is 0 Å². The molecule has 0 atom stereocenters. The fraction of sp³-hybridized carbons (Fsp3) is 0.615. The SMILES string of the molecule is Cc1nc(SCCCC(=O)N2CCOCC2)sc1C(=O)O. The quantitative estimate of drug-likeness (QED) is 0.634. The third kappa shape index (κ3) is 4.69. The first kappa shape index (κ1) is 16.3. The van der Waals surface area contributed by atoms with E-state index in [1.807, 2.05) is 4.90 Å². The van der Waals surface area contributed by atoms with Gasteiger partial charge in [-0.25, -0.2) is 9.78 Å². The molecule has 0 bridgehead atoms. The van der Waals surface area contributed by atoms with Crippen LogP contribution >= 0.6 is 23.1 Å². The van der Waals surface area contributed by atoms with Crippen molar-refractivity contribution in [1.82, 2.24) is 9.88 Å². The molecule has 1 saturated heterocycles. The third-order valence-electron chi connectivity index (χ3n) is 3.10. The molecular formula is C13H18N2O4S2. The Balaban J connectivity index is 1.70. The van der Waals surface area contributed by atoms with Gasteiger partial charge in [0.25, 0.3) is 0 Å². The molecule has 0 aromatic carbocycles. The fourth-order valence-electron chi connectivity index (χ4n) is 1.99. The van der Waals surface area contributed by atoms with Gasteiger partial charge < -0.3 is 14.7 Å². The summed E-state index contributed by atoms with van der Waals surface area (Å²) < 4.78 is 5.97. The highest BCUT2D eigenvalue weighted by Gasteiger charge is 2.17. The summed E-state index contributed by atoms with van der Waals surface area (Å²) in [5.74, 6) is 0.00188. The maximum atomic E-state index is 11.9. The molecule has 0 saturated carbocycles. The number of amides is 1. The normalized spacial score (nSPS) is 15.2. The van der Waals surface area contributed by atoms with Crippen molar-refractivity contribution < 1.29 is 19.4 Å². The molecule has 1 aliphatic heterocycles. The Morgan fingerprint density at radius 1 is 1.43 bits per heavy atom. The number of aromatic nitrogens is 1. The zero-order valence-electron chi connectivity index (χ0n) is 11.8. The lowest BCUT2D eigenvalue weighted by Crippen LogP contribution is -2.40. The Morgan fingerprint density at radius 3 is 2.76 bits per heavy atom. The van der Waals surface area contributed by atoms with Gasteiger partial charge in [-0.05, 0) is 13.3 Å². The van der Waals surface area contributed by atoms with E-state index in [9.17, 15) is 9.59 Å². The fourth-order valence-corrected chi connectivity index (χ4v) is 4.02. The number of carboxylic acids is 1. The second-order valence-electron chi connectivity index (χ2n) is 4.64. The standard InChI is InChI=1S/C13H18N2O4S2/c1-9-11(12(17)18)21-13(14-9)20-8-2-3-10(16)15-4-6-19-7-5-15/h2-8H2,1H3,(H,17,18). The minimum absolute atomic E-state index is 0.167. The molecule has 0 spiro atoms. The molecule has 1 fully saturated rings. The van der Waals surface area contributed by atoms with E-state index in [4.69, 9.17) is 9.84 Å². The maximum Gasteiger partial charge on any atom is 0.347 e. The van der Waals surface area contributed by atoms with Crippen LogP contribution in [0, 0.1) is 6.92 Å². The largest absolute Gasteiger partial charge is 0.477 e. The van der Waals surface area contributed by atoms with Gasteiger partial charge in [0.1, 0.15) is 4.88 Å². The highest BCUT2D eigenvalue weighted by atomic mass is 32.2. The van der Waals surface area contributed by atoms with Crippen molar-refractivity contribution in [1.29, 1.82) is 0 Å². The lowest BCUT2D eigenvalue weighted by atomic mass is 10.3. The molecule has 21 heavy (non-hydrogen) atoms. The van der Waals surface area contributed by atoms with Gasteiger partial charge in [0.05, 0.1) is 18.9 Å². The number of hydrogen-bond donors (Lipinski definition) is 1. The molecule has 1 amide bonds. The van der Waals surface area contributed by atoms with Gasteiger partial charge in [0.15, 0.2) is 4.34 Å².